The lowest BCUT2D eigenvalue weighted by molar-refractivity contribution is -0.122. The van der Waals surface area contributed by atoms with E-state index in [4.69, 9.17) is 10.7 Å². The van der Waals surface area contributed by atoms with Crippen molar-refractivity contribution in [2.24, 2.45) is 16.6 Å². The third-order valence-corrected chi connectivity index (χ3v) is 6.72. The average molecular weight is 444 g/mol. The number of anilines is 1. The van der Waals surface area contributed by atoms with Crippen LogP contribution in [0.4, 0.5) is 5.82 Å². The van der Waals surface area contributed by atoms with E-state index in [9.17, 15) is 4.79 Å². The highest BCUT2D eigenvalue weighted by Gasteiger charge is 2.28. The zero-order chi connectivity index (χ0) is 23.0. The van der Waals surface area contributed by atoms with Gasteiger partial charge in [-0.2, -0.15) is 0 Å². The fourth-order valence-corrected chi connectivity index (χ4v) is 4.63. The quantitative estimate of drug-likeness (QED) is 0.420. The molecule has 0 spiro atoms. The number of carbonyl (C=O) groups excluding carboxylic acids is 1. The zero-order valence-corrected chi connectivity index (χ0v) is 20.1. The molecule has 0 bridgehead atoms. The summed E-state index contributed by atoms with van der Waals surface area (Å²) in [5.41, 5.74) is 6.67. The predicted molar refractivity (Wildman–Crippen MR) is 131 cm³/mol. The van der Waals surface area contributed by atoms with Gasteiger partial charge in [-0.3, -0.25) is 9.69 Å². The second kappa shape index (κ2) is 11.5. The average Bonchev–Trinajstić information content (AvgIpc) is 2.82. The van der Waals surface area contributed by atoms with Crippen molar-refractivity contribution in [1.29, 1.82) is 0 Å². The highest BCUT2D eigenvalue weighted by molar-refractivity contribution is 5.80. The Kier molecular flexibility index (Phi) is 8.73. The molecule has 2 aliphatic rings. The van der Waals surface area contributed by atoms with Crippen LogP contribution < -0.4 is 21.3 Å². The molecule has 32 heavy (non-hydrogen) atoms. The molecule has 2 saturated heterocycles. The van der Waals surface area contributed by atoms with Gasteiger partial charge in [0.15, 0.2) is 5.96 Å². The third-order valence-electron chi connectivity index (χ3n) is 6.72. The Balaban J connectivity index is 1.63. The van der Waals surface area contributed by atoms with Gasteiger partial charge in [0.1, 0.15) is 5.82 Å². The molecule has 0 unspecified atom stereocenters. The van der Waals surface area contributed by atoms with E-state index in [0.717, 1.165) is 56.4 Å². The number of rotatable bonds is 8. The van der Waals surface area contributed by atoms with Crippen LogP contribution >= 0.6 is 0 Å². The molecule has 8 nitrogen and oxygen atoms in total. The summed E-state index contributed by atoms with van der Waals surface area (Å²) in [7, 11) is 0. The SMILES string of the molecule is CCNC(=NCc1cccnc1N1CCC(C(N)=O)CC1)NCC(C)(C)N1CCCCC1. The van der Waals surface area contributed by atoms with Crippen molar-refractivity contribution in [3.63, 3.8) is 0 Å². The lowest BCUT2D eigenvalue weighted by atomic mass is 9.96. The van der Waals surface area contributed by atoms with Gasteiger partial charge in [-0.05, 0) is 65.6 Å². The first-order valence-corrected chi connectivity index (χ1v) is 12.2. The monoisotopic (exact) mass is 443 g/mol. The maximum atomic E-state index is 11.5. The van der Waals surface area contributed by atoms with Gasteiger partial charge in [-0.1, -0.05) is 12.5 Å². The van der Waals surface area contributed by atoms with Crippen molar-refractivity contribution in [2.45, 2.75) is 65.0 Å². The van der Waals surface area contributed by atoms with Crippen LogP contribution in [0.15, 0.2) is 23.3 Å². The second-order valence-electron chi connectivity index (χ2n) is 9.56. The van der Waals surface area contributed by atoms with Crippen LogP contribution in [0.1, 0.15) is 58.4 Å². The van der Waals surface area contributed by atoms with Crippen LogP contribution in [0.25, 0.3) is 0 Å². The highest BCUT2D eigenvalue weighted by Crippen LogP contribution is 2.25. The number of carbonyl (C=O) groups is 1. The number of hydrogen-bond acceptors (Lipinski definition) is 5. The first-order chi connectivity index (χ1) is 15.4. The van der Waals surface area contributed by atoms with Crippen molar-refractivity contribution in [3.8, 4) is 0 Å². The van der Waals surface area contributed by atoms with E-state index >= 15 is 0 Å². The molecule has 0 aromatic carbocycles. The fraction of sp³-hybridized carbons (Fsp3) is 0.708. The van der Waals surface area contributed by atoms with Gasteiger partial charge < -0.3 is 21.3 Å². The molecule has 0 atom stereocenters. The van der Waals surface area contributed by atoms with Gasteiger partial charge in [0.25, 0.3) is 0 Å². The molecule has 4 N–H and O–H groups in total. The van der Waals surface area contributed by atoms with Crippen LogP contribution in [0.3, 0.4) is 0 Å². The number of amides is 1. The van der Waals surface area contributed by atoms with E-state index in [-0.39, 0.29) is 17.4 Å². The number of aromatic nitrogens is 1. The summed E-state index contributed by atoms with van der Waals surface area (Å²) in [5, 5.41) is 6.94. The highest BCUT2D eigenvalue weighted by atomic mass is 16.1. The van der Waals surface area contributed by atoms with E-state index < -0.39 is 0 Å². The number of piperidine rings is 2. The van der Waals surface area contributed by atoms with Gasteiger partial charge in [0.05, 0.1) is 6.54 Å². The number of nitrogens with two attached hydrogens (primary N) is 1. The van der Waals surface area contributed by atoms with Gasteiger partial charge in [-0.25, -0.2) is 9.98 Å². The van der Waals surface area contributed by atoms with E-state index in [2.05, 4.69) is 52.3 Å². The summed E-state index contributed by atoms with van der Waals surface area (Å²) in [4.78, 5) is 25.8. The largest absolute Gasteiger partial charge is 0.369 e. The molecule has 2 fully saturated rings. The molecular formula is C24H41N7O. The lowest BCUT2D eigenvalue weighted by Gasteiger charge is -2.41. The number of aliphatic imine (C=N–C) groups is 1. The fourth-order valence-electron chi connectivity index (χ4n) is 4.63. The summed E-state index contributed by atoms with van der Waals surface area (Å²) in [6, 6.07) is 4.05. The van der Waals surface area contributed by atoms with Crippen molar-refractivity contribution in [1.82, 2.24) is 20.5 Å². The molecule has 0 radical (unpaired) electrons. The third kappa shape index (κ3) is 6.58. The van der Waals surface area contributed by atoms with Gasteiger partial charge >= 0.3 is 0 Å². The van der Waals surface area contributed by atoms with Crippen molar-refractivity contribution in [3.05, 3.63) is 23.9 Å². The van der Waals surface area contributed by atoms with Crippen molar-refractivity contribution in [2.75, 3.05) is 44.2 Å². The van der Waals surface area contributed by atoms with Gasteiger partial charge in [0, 0.05) is 49.4 Å². The van der Waals surface area contributed by atoms with Crippen LogP contribution in [0, 0.1) is 5.92 Å². The maximum Gasteiger partial charge on any atom is 0.220 e. The maximum absolute atomic E-state index is 11.5. The Morgan fingerprint density at radius 2 is 1.91 bits per heavy atom. The molecule has 1 aromatic rings. The smallest absolute Gasteiger partial charge is 0.220 e. The van der Waals surface area contributed by atoms with Crippen LogP contribution in [0.2, 0.25) is 0 Å². The molecule has 1 aromatic heterocycles. The van der Waals surface area contributed by atoms with Crippen LogP contribution in [0.5, 0.6) is 0 Å². The van der Waals surface area contributed by atoms with Crippen LogP contribution in [-0.4, -0.2) is 66.6 Å². The first-order valence-electron chi connectivity index (χ1n) is 12.2. The first kappa shape index (κ1) is 24.3. The summed E-state index contributed by atoms with van der Waals surface area (Å²) in [5.74, 6) is 1.58. The molecule has 1 amide bonds. The molecule has 0 aliphatic carbocycles. The van der Waals surface area contributed by atoms with Gasteiger partial charge in [-0.15, -0.1) is 0 Å². The van der Waals surface area contributed by atoms with Crippen molar-refractivity contribution >= 4 is 17.7 Å². The summed E-state index contributed by atoms with van der Waals surface area (Å²) in [6.45, 7) is 12.9. The van der Waals surface area contributed by atoms with E-state index in [1.165, 1.54) is 32.4 Å². The molecule has 8 heteroatoms. The Labute approximate surface area is 193 Å². The number of pyridine rings is 1. The molecule has 178 valence electrons. The Morgan fingerprint density at radius 3 is 2.56 bits per heavy atom. The minimum absolute atomic E-state index is 0.0238. The predicted octanol–water partition coefficient (Wildman–Crippen LogP) is 2.10. The number of nitrogens with zero attached hydrogens (tertiary/aromatic N) is 4. The number of guanidine groups is 1. The standard InChI is InChI=1S/C24H41N7O/c1-4-26-23(29-18-24(2,3)31-13-6-5-7-14-31)28-17-20-9-8-12-27-22(20)30-15-10-19(11-16-30)21(25)32/h8-9,12,19H,4-7,10-11,13-18H2,1-3H3,(H2,25,32)(H2,26,28,29). The van der Waals surface area contributed by atoms with E-state index in [1.807, 2.05) is 12.3 Å². The molecule has 3 heterocycles. The van der Waals surface area contributed by atoms with E-state index in [0.29, 0.717) is 6.54 Å². The molecule has 3 rings (SSSR count). The minimum atomic E-state index is -0.190. The normalized spacial score (nSPS) is 19.1. The summed E-state index contributed by atoms with van der Waals surface area (Å²) >= 11 is 0. The molecule has 0 saturated carbocycles. The number of hydrogen-bond donors (Lipinski definition) is 3. The molecule has 2 aliphatic heterocycles. The Morgan fingerprint density at radius 1 is 1.19 bits per heavy atom. The lowest BCUT2D eigenvalue weighted by Crippen LogP contribution is -2.54. The minimum Gasteiger partial charge on any atom is -0.369 e. The Bertz CT molecular complexity index is 765. The zero-order valence-electron chi connectivity index (χ0n) is 20.1. The number of primary amides is 1. The number of nitrogens with one attached hydrogen (secondary N) is 2. The van der Waals surface area contributed by atoms with Crippen molar-refractivity contribution < 1.29 is 4.79 Å². The van der Waals surface area contributed by atoms with Crippen LogP contribution in [-0.2, 0) is 11.3 Å². The molecular weight excluding hydrogens is 402 g/mol. The Hall–Kier alpha value is -2.35. The topological polar surface area (TPSA) is 98.9 Å². The van der Waals surface area contributed by atoms with Gasteiger partial charge in [0.2, 0.25) is 5.91 Å². The second-order valence-corrected chi connectivity index (χ2v) is 9.56. The van der Waals surface area contributed by atoms with E-state index in [1.54, 1.807) is 0 Å². The summed E-state index contributed by atoms with van der Waals surface area (Å²) in [6.07, 6.45) is 7.32. The number of likely N-dealkylation sites (tertiary alicyclic amines) is 1. The summed E-state index contributed by atoms with van der Waals surface area (Å²) < 4.78 is 0.